The van der Waals surface area contributed by atoms with Gasteiger partial charge in [-0.3, -0.25) is 0 Å². The Hall–Kier alpha value is -3.84. The molecule has 0 amide bonds. The third-order valence-corrected chi connectivity index (χ3v) is 4.17. The van der Waals surface area contributed by atoms with Crippen molar-refractivity contribution >= 4 is 11.3 Å². The van der Waals surface area contributed by atoms with Crippen LogP contribution in [0.4, 0.5) is 5.69 Å². The second-order valence-corrected chi connectivity index (χ2v) is 6.34. The van der Waals surface area contributed by atoms with Gasteiger partial charge >= 0.3 is 0 Å². The molecule has 158 valence electrons. The lowest BCUT2D eigenvalue weighted by molar-refractivity contribution is 1.13. The lowest BCUT2D eigenvalue weighted by Crippen LogP contribution is -2.21. The van der Waals surface area contributed by atoms with Crippen molar-refractivity contribution in [1.29, 1.82) is 0 Å². The zero-order valence-corrected chi connectivity index (χ0v) is 18.7. The number of allylic oxidation sites excluding steroid dienone is 16. The number of benzene rings is 1. The molecule has 1 nitrogen and oxygen atoms in total. The molecule has 1 aromatic rings. The van der Waals surface area contributed by atoms with Crippen LogP contribution in [0.3, 0.4) is 0 Å². The Morgan fingerprint density at radius 3 is 1.94 bits per heavy atom. The Morgan fingerprint density at radius 1 is 0.677 bits per heavy atom. The van der Waals surface area contributed by atoms with Crippen LogP contribution in [0.2, 0.25) is 0 Å². The molecule has 0 spiro atoms. The van der Waals surface area contributed by atoms with Crippen LogP contribution in [0.15, 0.2) is 153 Å². The first kappa shape index (κ1) is 25.2. The smallest absolute Gasteiger partial charge is 0.0540 e. The second kappa shape index (κ2) is 15.1. The maximum Gasteiger partial charge on any atom is 0.0540 e. The molecule has 0 aliphatic carbocycles. The fraction of sp³-hybridized carbons (Fsp3) is 0.0667. The first-order chi connectivity index (χ1) is 15.2. The van der Waals surface area contributed by atoms with E-state index in [4.69, 9.17) is 0 Å². The number of rotatable bonds is 12. The number of para-hydroxylation sites is 1. The van der Waals surface area contributed by atoms with Crippen molar-refractivity contribution in [2.45, 2.75) is 13.8 Å². The van der Waals surface area contributed by atoms with E-state index in [0.29, 0.717) is 0 Å². The zero-order valence-electron chi connectivity index (χ0n) is 18.7. The number of hydrogen-bond acceptors (Lipinski definition) is 1. The van der Waals surface area contributed by atoms with Crippen LogP contribution in [-0.4, -0.2) is 0 Å². The minimum Gasteiger partial charge on any atom is -0.310 e. The third-order valence-electron chi connectivity index (χ3n) is 4.17. The normalized spacial score (nSPS) is 13.4. The largest absolute Gasteiger partial charge is 0.310 e. The standard InChI is InChI=1S/C30H33N/c1-7-13-21-26(18-10-4)29-24-16-17-25-30(29)31(27(19-11-5)22-14-8-2)28(20-12-6)23-15-9-3/h7-25H,1-2,4-5H2,3,6H3/b15-9-,20-12-,21-13-,22-14-,26-18+,27-19+,28-23+. The molecule has 0 N–H and O–H groups in total. The second-order valence-electron chi connectivity index (χ2n) is 6.34. The summed E-state index contributed by atoms with van der Waals surface area (Å²) in [5, 5.41) is 0. The predicted molar refractivity (Wildman–Crippen MR) is 142 cm³/mol. The molecular formula is C30H33N. The molecule has 0 saturated heterocycles. The van der Waals surface area contributed by atoms with Gasteiger partial charge in [0.1, 0.15) is 0 Å². The Morgan fingerprint density at radius 2 is 1.32 bits per heavy atom. The average Bonchev–Trinajstić information content (AvgIpc) is 2.79. The van der Waals surface area contributed by atoms with E-state index in [1.165, 1.54) is 0 Å². The van der Waals surface area contributed by atoms with Gasteiger partial charge in [-0.25, -0.2) is 0 Å². The zero-order chi connectivity index (χ0) is 22.9. The van der Waals surface area contributed by atoms with Gasteiger partial charge in [0.2, 0.25) is 0 Å². The van der Waals surface area contributed by atoms with Crippen molar-refractivity contribution in [3.63, 3.8) is 0 Å². The molecule has 0 saturated carbocycles. The summed E-state index contributed by atoms with van der Waals surface area (Å²) >= 11 is 0. The van der Waals surface area contributed by atoms with Crippen molar-refractivity contribution in [2.75, 3.05) is 4.90 Å². The maximum absolute atomic E-state index is 3.92. The molecule has 0 aliphatic heterocycles. The minimum atomic E-state index is 0.960. The quantitative estimate of drug-likeness (QED) is 0.313. The number of hydrogen-bond donors (Lipinski definition) is 0. The van der Waals surface area contributed by atoms with E-state index in [2.05, 4.69) is 55.5 Å². The SMILES string of the molecule is C=C/C=C\C(=C/C=C)c1ccccc1N(C(/C=C\C=C)=C/C=C)C(/C=C\C)=C/C=C\C. The molecule has 0 atom stereocenters. The van der Waals surface area contributed by atoms with Gasteiger partial charge in [-0.2, -0.15) is 0 Å². The molecule has 1 rings (SSSR count). The summed E-state index contributed by atoms with van der Waals surface area (Å²) < 4.78 is 0. The summed E-state index contributed by atoms with van der Waals surface area (Å²) in [6, 6.07) is 8.30. The van der Waals surface area contributed by atoms with Crippen LogP contribution in [0.25, 0.3) is 5.57 Å². The Balaban J connectivity index is 3.98. The van der Waals surface area contributed by atoms with Gasteiger partial charge in [0.05, 0.1) is 5.69 Å². The maximum atomic E-state index is 3.92. The van der Waals surface area contributed by atoms with Gasteiger partial charge in [0.25, 0.3) is 0 Å². The molecule has 0 radical (unpaired) electrons. The van der Waals surface area contributed by atoms with Crippen LogP contribution in [0, 0.1) is 0 Å². The Bertz CT molecular complexity index is 969. The Kier molecular flexibility index (Phi) is 12.2. The highest BCUT2D eigenvalue weighted by Crippen LogP contribution is 2.34. The van der Waals surface area contributed by atoms with Gasteiger partial charge in [0.15, 0.2) is 0 Å². The molecule has 0 bridgehead atoms. The first-order valence-electron chi connectivity index (χ1n) is 10.3. The predicted octanol–water partition coefficient (Wildman–Crippen LogP) is 8.65. The van der Waals surface area contributed by atoms with Gasteiger partial charge < -0.3 is 4.90 Å². The van der Waals surface area contributed by atoms with E-state index in [0.717, 1.165) is 28.2 Å². The summed E-state index contributed by atoms with van der Waals surface area (Å²) in [5.74, 6) is 0. The molecule has 1 aromatic carbocycles. The van der Waals surface area contributed by atoms with E-state index in [1.807, 2.05) is 80.7 Å². The van der Waals surface area contributed by atoms with E-state index < -0.39 is 0 Å². The van der Waals surface area contributed by atoms with Crippen molar-refractivity contribution in [1.82, 2.24) is 0 Å². The first-order valence-corrected chi connectivity index (χ1v) is 10.3. The third kappa shape index (κ3) is 7.83. The van der Waals surface area contributed by atoms with E-state index in [-0.39, 0.29) is 0 Å². The van der Waals surface area contributed by atoms with Crippen molar-refractivity contribution in [2.24, 2.45) is 0 Å². The fourth-order valence-corrected chi connectivity index (χ4v) is 2.94. The molecule has 0 unspecified atom stereocenters. The topological polar surface area (TPSA) is 3.24 Å². The lowest BCUT2D eigenvalue weighted by atomic mass is 10.0. The highest BCUT2D eigenvalue weighted by atomic mass is 15.2. The Labute approximate surface area is 188 Å². The molecule has 0 fully saturated rings. The molecule has 31 heavy (non-hydrogen) atoms. The highest BCUT2D eigenvalue weighted by Gasteiger charge is 2.17. The van der Waals surface area contributed by atoms with E-state index >= 15 is 0 Å². The summed E-state index contributed by atoms with van der Waals surface area (Å²) in [6.07, 6.45) is 29.3. The molecule has 0 aliphatic rings. The number of anilines is 1. The van der Waals surface area contributed by atoms with Crippen LogP contribution in [-0.2, 0) is 0 Å². The van der Waals surface area contributed by atoms with Crippen LogP contribution >= 0.6 is 0 Å². The summed E-state index contributed by atoms with van der Waals surface area (Å²) in [4.78, 5) is 2.20. The van der Waals surface area contributed by atoms with E-state index in [9.17, 15) is 0 Å². The number of nitrogens with zero attached hydrogens (tertiary/aromatic N) is 1. The minimum absolute atomic E-state index is 0.960. The van der Waals surface area contributed by atoms with Gasteiger partial charge in [-0.1, -0.05) is 111 Å². The highest BCUT2D eigenvalue weighted by molar-refractivity contribution is 5.86. The van der Waals surface area contributed by atoms with Gasteiger partial charge in [-0.15, -0.1) is 0 Å². The van der Waals surface area contributed by atoms with Crippen molar-refractivity contribution in [3.05, 3.63) is 159 Å². The molecular weight excluding hydrogens is 374 g/mol. The summed E-state index contributed by atoms with van der Waals surface area (Å²) in [5.41, 5.74) is 5.10. The summed E-state index contributed by atoms with van der Waals surface area (Å²) in [6.45, 7) is 19.5. The van der Waals surface area contributed by atoms with Crippen LogP contribution in [0.5, 0.6) is 0 Å². The molecule has 1 heteroatoms. The van der Waals surface area contributed by atoms with Gasteiger partial charge in [-0.05, 0) is 49.8 Å². The lowest BCUT2D eigenvalue weighted by Gasteiger charge is -2.29. The molecule has 0 aromatic heterocycles. The van der Waals surface area contributed by atoms with Crippen molar-refractivity contribution < 1.29 is 0 Å². The van der Waals surface area contributed by atoms with Crippen molar-refractivity contribution in [3.8, 4) is 0 Å². The summed E-state index contributed by atoms with van der Waals surface area (Å²) in [7, 11) is 0. The fourth-order valence-electron chi connectivity index (χ4n) is 2.94. The average molecular weight is 408 g/mol. The monoisotopic (exact) mass is 407 g/mol. The van der Waals surface area contributed by atoms with Crippen LogP contribution < -0.4 is 4.90 Å². The van der Waals surface area contributed by atoms with Gasteiger partial charge in [0, 0.05) is 17.0 Å². The molecule has 0 heterocycles. The van der Waals surface area contributed by atoms with E-state index in [1.54, 1.807) is 24.3 Å². The van der Waals surface area contributed by atoms with Crippen LogP contribution in [0.1, 0.15) is 19.4 Å².